The van der Waals surface area contributed by atoms with Gasteiger partial charge < -0.3 is 9.84 Å². The molecule has 0 fully saturated rings. The number of carbonyl (C=O) groups excluding carboxylic acids is 1. The monoisotopic (exact) mass is 262 g/mol. The first-order chi connectivity index (χ1) is 8.95. The van der Waals surface area contributed by atoms with E-state index in [4.69, 9.17) is 4.74 Å². The molecule has 0 aliphatic carbocycles. The first-order valence-electron chi connectivity index (χ1n) is 6.01. The van der Waals surface area contributed by atoms with Crippen LogP contribution in [0.3, 0.4) is 0 Å². The molecular formula is C14H18N2O3. The molecule has 1 N–H and O–H groups in total. The molecule has 0 saturated carbocycles. The maximum atomic E-state index is 11.6. The molecule has 0 saturated heterocycles. The van der Waals surface area contributed by atoms with Gasteiger partial charge in [-0.05, 0) is 39.3 Å². The topological polar surface area (TPSA) is 71.2 Å². The van der Waals surface area contributed by atoms with Crippen LogP contribution in [-0.4, -0.2) is 17.7 Å². The van der Waals surface area contributed by atoms with Gasteiger partial charge in [0.1, 0.15) is 5.76 Å². The van der Waals surface area contributed by atoms with E-state index in [2.05, 4.69) is 10.2 Å². The van der Waals surface area contributed by atoms with E-state index in [1.54, 1.807) is 6.92 Å². The predicted octanol–water partition coefficient (Wildman–Crippen LogP) is 3.74. The summed E-state index contributed by atoms with van der Waals surface area (Å²) < 4.78 is 4.79. The summed E-state index contributed by atoms with van der Waals surface area (Å²) in [5.74, 6) is -0.900. The van der Waals surface area contributed by atoms with Gasteiger partial charge in [0.2, 0.25) is 5.70 Å². The van der Waals surface area contributed by atoms with Crippen LogP contribution < -0.4 is 0 Å². The number of carbonyl (C=O) groups is 1. The quantitative estimate of drug-likeness (QED) is 0.389. The zero-order valence-corrected chi connectivity index (χ0v) is 11.6. The number of aryl methyl sites for hydroxylation is 2. The van der Waals surface area contributed by atoms with Crippen LogP contribution in [0.25, 0.3) is 0 Å². The normalized spacial score (nSPS) is 12.4. The Labute approximate surface area is 112 Å². The molecule has 102 valence electrons. The van der Waals surface area contributed by atoms with Gasteiger partial charge in [0.15, 0.2) is 0 Å². The summed E-state index contributed by atoms with van der Waals surface area (Å²) in [5.41, 5.74) is 2.54. The smallest absolute Gasteiger partial charge is 0.362 e. The minimum atomic E-state index is -0.684. The molecular weight excluding hydrogens is 244 g/mol. The molecule has 0 bridgehead atoms. The fourth-order valence-electron chi connectivity index (χ4n) is 1.48. The van der Waals surface area contributed by atoms with Crippen LogP contribution in [0.5, 0.6) is 0 Å². The molecule has 0 aromatic heterocycles. The minimum absolute atomic E-state index is 0.179. The van der Waals surface area contributed by atoms with Gasteiger partial charge >= 0.3 is 5.97 Å². The highest BCUT2D eigenvalue weighted by Gasteiger charge is 2.13. The molecule has 0 atom stereocenters. The van der Waals surface area contributed by atoms with E-state index >= 15 is 0 Å². The lowest BCUT2D eigenvalue weighted by Crippen LogP contribution is -2.07. The Kier molecular flexibility index (Phi) is 5.23. The van der Waals surface area contributed by atoms with Crippen molar-refractivity contribution in [3.8, 4) is 0 Å². The van der Waals surface area contributed by atoms with Gasteiger partial charge in [-0.25, -0.2) is 4.79 Å². The summed E-state index contributed by atoms with van der Waals surface area (Å²) in [4.78, 5) is 11.6. The predicted molar refractivity (Wildman–Crippen MR) is 72.4 cm³/mol. The Morgan fingerprint density at radius 1 is 1.37 bits per heavy atom. The van der Waals surface area contributed by atoms with Crippen molar-refractivity contribution in [1.82, 2.24) is 0 Å². The number of hydrogen-bond acceptors (Lipinski definition) is 5. The highest BCUT2D eigenvalue weighted by atomic mass is 16.5. The molecule has 0 aliphatic heterocycles. The van der Waals surface area contributed by atoms with Crippen LogP contribution in [0, 0.1) is 13.8 Å². The minimum Gasteiger partial charge on any atom is -0.510 e. The van der Waals surface area contributed by atoms with Crippen molar-refractivity contribution >= 4 is 11.7 Å². The van der Waals surface area contributed by atoms with Gasteiger partial charge in [-0.3, -0.25) is 0 Å². The molecule has 5 heteroatoms. The van der Waals surface area contributed by atoms with E-state index in [0.717, 1.165) is 11.1 Å². The third-order valence-corrected chi connectivity index (χ3v) is 2.42. The summed E-state index contributed by atoms with van der Waals surface area (Å²) in [6.45, 7) is 7.15. The second-order valence-electron chi connectivity index (χ2n) is 4.14. The number of esters is 1. The van der Waals surface area contributed by atoms with Gasteiger partial charge in [-0.15, -0.1) is 10.2 Å². The number of hydrogen-bond donors (Lipinski definition) is 1. The first kappa shape index (κ1) is 14.9. The number of rotatable bonds is 4. The highest BCUT2D eigenvalue weighted by Crippen LogP contribution is 2.21. The zero-order chi connectivity index (χ0) is 14.4. The molecule has 0 spiro atoms. The average molecular weight is 262 g/mol. The van der Waals surface area contributed by atoms with Crippen molar-refractivity contribution in [2.45, 2.75) is 27.7 Å². The van der Waals surface area contributed by atoms with Crippen LogP contribution in [0.15, 0.2) is 39.9 Å². The lowest BCUT2D eigenvalue weighted by Gasteiger charge is -2.03. The Morgan fingerprint density at radius 3 is 2.58 bits per heavy atom. The largest absolute Gasteiger partial charge is 0.510 e. The molecule has 0 radical (unpaired) electrons. The van der Waals surface area contributed by atoms with E-state index in [9.17, 15) is 9.90 Å². The van der Waals surface area contributed by atoms with E-state index < -0.39 is 5.97 Å². The standard InChI is InChI=1S/C14H18N2O3/c1-5-19-14(18)13(11(4)17)16-15-12-7-6-9(2)8-10(12)3/h6-8,17H,5H2,1-4H3. The fraction of sp³-hybridized carbons (Fsp3) is 0.357. The third-order valence-electron chi connectivity index (χ3n) is 2.42. The Balaban J connectivity index is 3.00. The van der Waals surface area contributed by atoms with E-state index in [1.165, 1.54) is 6.92 Å². The van der Waals surface area contributed by atoms with Crippen molar-refractivity contribution in [1.29, 1.82) is 0 Å². The number of benzene rings is 1. The van der Waals surface area contributed by atoms with Gasteiger partial charge in [-0.2, -0.15) is 0 Å². The van der Waals surface area contributed by atoms with Gasteiger partial charge in [0.25, 0.3) is 0 Å². The molecule has 0 unspecified atom stereocenters. The average Bonchev–Trinajstić information content (AvgIpc) is 2.31. The van der Waals surface area contributed by atoms with E-state index in [1.807, 2.05) is 32.0 Å². The Hall–Kier alpha value is -2.17. The second kappa shape index (κ2) is 6.68. The summed E-state index contributed by atoms with van der Waals surface area (Å²) in [6, 6.07) is 5.68. The number of azo groups is 1. The fourth-order valence-corrected chi connectivity index (χ4v) is 1.48. The third kappa shape index (κ3) is 4.21. The summed E-state index contributed by atoms with van der Waals surface area (Å²) in [5, 5.41) is 17.2. The Bertz CT molecular complexity index is 529. The maximum Gasteiger partial charge on any atom is 0.362 e. The summed E-state index contributed by atoms with van der Waals surface area (Å²) >= 11 is 0. The number of aliphatic hydroxyl groups excluding tert-OH is 1. The van der Waals surface area contributed by atoms with Gasteiger partial charge in [-0.1, -0.05) is 17.7 Å². The zero-order valence-electron chi connectivity index (χ0n) is 11.6. The number of aliphatic hydroxyl groups is 1. The van der Waals surface area contributed by atoms with E-state index in [0.29, 0.717) is 5.69 Å². The van der Waals surface area contributed by atoms with Crippen molar-refractivity contribution in [2.24, 2.45) is 10.2 Å². The van der Waals surface area contributed by atoms with Crippen molar-refractivity contribution in [2.75, 3.05) is 6.61 Å². The molecule has 1 rings (SSSR count). The van der Waals surface area contributed by atoms with Crippen molar-refractivity contribution in [3.05, 3.63) is 40.8 Å². The number of ether oxygens (including phenoxy) is 1. The molecule has 1 aromatic rings. The molecule has 5 nitrogen and oxygen atoms in total. The second-order valence-corrected chi connectivity index (χ2v) is 4.14. The first-order valence-corrected chi connectivity index (χ1v) is 6.01. The van der Waals surface area contributed by atoms with Gasteiger partial charge in [0, 0.05) is 0 Å². The lowest BCUT2D eigenvalue weighted by atomic mass is 10.1. The SMILES string of the molecule is CCOC(=O)C(N=Nc1ccc(C)cc1C)=C(C)O. The van der Waals surface area contributed by atoms with Crippen molar-refractivity contribution < 1.29 is 14.6 Å². The molecule has 1 aromatic carbocycles. The summed E-state index contributed by atoms with van der Waals surface area (Å²) in [7, 11) is 0. The van der Waals surface area contributed by atoms with Crippen LogP contribution in [-0.2, 0) is 9.53 Å². The maximum absolute atomic E-state index is 11.6. The van der Waals surface area contributed by atoms with Crippen LogP contribution in [0.4, 0.5) is 5.69 Å². The molecule has 19 heavy (non-hydrogen) atoms. The van der Waals surface area contributed by atoms with Crippen LogP contribution in [0.2, 0.25) is 0 Å². The van der Waals surface area contributed by atoms with Crippen LogP contribution in [0.1, 0.15) is 25.0 Å². The molecule has 0 aliphatic rings. The van der Waals surface area contributed by atoms with E-state index in [-0.39, 0.29) is 18.1 Å². The van der Waals surface area contributed by atoms with Crippen molar-refractivity contribution in [3.63, 3.8) is 0 Å². The summed E-state index contributed by atoms with van der Waals surface area (Å²) in [6.07, 6.45) is 0. The van der Waals surface area contributed by atoms with Crippen LogP contribution >= 0.6 is 0 Å². The lowest BCUT2D eigenvalue weighted by molar-refractivity contribution is -0.138. The number of nitrogens with zero attached hydrogens (tertiary/aromatic N) is 2. The molecule has 0 amide bonds. The number of allylic oxidation sites excluding steroid dienone is 1. The Morgan fingerprint density at radius 2 is 2.05 bits per heavy atom. The highest BCUT2D eigenvalue weighted by molar-refractivity contribution is 5.88. The van der Waals surface area contributed by atoms with Gasteiger partial charge in [0.05, 0.1) is 12.3 Å². The molecule has 0 heterocycles.